The Labute approximate surface area is 79.4 Å². The van der Waals surface area contributed by atoms with Crippen molar-refractivity contribution in [2.75, 3.05) is 26.9 Å². The molecule has 13 heavy (non-hydrogen) atoms. The molecule has 0 radical (unpaired) electrons. The van der Waals surface area contributed by atoms with Gasteiger partial charge in [-0.15, -0.1) is 0 Å². The van der Waals surface area contributed by atoms with Crippen LogP contribution in [0.15, 0.2) is 0 Å². The summed E-state index contributed by atoms with van der Waals surface area (Å²) in [7, 11) is 1.73. The summed E-state index contributed by atoms with van der Waals surface area (Å²) in [6, 6.07) is 0. The van der Waals surface area contributed by atoms with Crippen LogP contribution in [0.1, 0.15) is 26.2 Å². The molecule has 2 heterocycles. The lowest BCUT2D eigenvalue weighted by Gasteiger charge is -2.39. The number of hydrogen-bond acceptors (Lipinski definition) is 3. The zero-order valence-corrected chi connectivity index (χ0v) is 8.47. The third-order valence-electron chi connectivity index (χ3n) is 3.27. The smallest absolute Gasteiger partial charge is 0.122 e. The summed E-state index contributed by atoms with van der Waals surface area (Å²) in [5.41, 5.74) is -0.247. The average molecular weight is 186 g/mol. The van der Waals surface area contributed by atoms with Crippen LogP contribution in [0.25, 0.3) is 0 Å². The molecule has 2 saturated heterocycles. The van der Waals surface area contributed by atoms with Crippen molar-refractivity contribution in [1.29, 1.82) is 0 Å². The van der Waals surface area contributed by atoms with E-state index in [1.807, 2.05) is 0 Å². The van der Waals surface area contributed by atoms with Crippen molar-refractivity contribution in [2.45, 2.75) is 37.4 Å². The Kier molecular flexibility index (Phi) is 2.34. The first-order valence-electron chi connectivity index (χ1n) is 4.99. The van der Waals surface area contributed by atoms with Crippen molar-refractivity contribution in [1.82, 2.24) is 0 Å². The van der Waals surface area contributed by atoms with Crippen LogP contribution in [0.2, 0.25) is 0 Å². The number of methoxy groups -OCH3 is 1. The Morgan fingerprint density at radius 1 is 1.31 bits per heavy atom. The Hall–Kier alpha value is -0.120. The van der Waals surface area contributed by atoms with Crippen molar-refractivity contribution in [3.05, 3.63) is 0 Å². The van der Waals surface area contributed by atoms with Gasteiger partial charge >= 0.3 is 0 Å². The molecule has 2 unspecified atom stereocenters. The summed E-state index contributed by atoms with van der Waals surface area (Å²) in [5, 5.41) is 0. The Bertz CT molecular complexity index is 175. The second kappa shape index (κ2) is 3.23. The lowest BCUT2D eigenvalue weighted by atomic mass is 9.83. The van der Waals surface area contributed by atoms with Crippen LogP contribution in [-0.4, -0.2) is 38.1 Å². The predicted octanol–water partition coefficient (Wildman–Crippen LogP) is 1.36. The van der Waals surface area contributed by atoms with Crippen molar-refractivity contribution in [3.8, 4) is 0 Å². The molecule has 2 atom stereocenters. The van der Waals surface area contributed by atoms with E-state index in [9.17, 15) is 0 Å². The van der Waals surface area contributed by atoms with Gasteiger partial charge in [0, 0.05) is 13.7 Å². The monoisotopic (exact) mass is 186 g/mol. The molecule has 3 nitrogen and oxygen atoms in total. The van der Waals surface area contributed by atoms with E-state index in [0.717, 1.165) is 19.6 Å². The van der Waals surface area contributed by atoms with Crippen LogP contribution in [-0.2, 0) is 14.2 Å². The maximum absolute atomic E-state index is 5.88. The lowest BCUT2D eigenvalue weighted by Crippen LogP contribution is -2.52. The first-order valence-corrected chi connectivity index (χ1v) is 4.99. The molecule has 0 aliphatic carbocycles. The van der Waals surface area contributed by atoms with Gasteiger partial charge in [0.05, 0.1) is 13.2 Å². The van der Waals surface area contributed by atoms with E-state index in [2.05, 4.69) is 6.92 Å². The minimum absolute atomic E-state index is 0.0799. The molecular weight excluding hydrogens is 168 g/mol. The highest BCUT2D eigenvalue weighted by Crippen LogP contribution is 2.45. The molecule has 0 N–H and O–H groups in total. The van der Waals surface area contributed by atoms with Crippen LogP contribution < -0.4 is 0 Å². The van der Waals surface area contributed by atoms with Gasteiger partial charge in [-0.3, -0.25) is 0 Å². The summed E-state index contributed by atoms with van der Waals surface area (Å²) in [6.07, 6.45) is 3.46. The van der Waals surface area contributed by atoms with E-state index in [-0.39, 0.29) is 11.2 Å². The van der Waals surface area contributed by atoms with Gasteiger partial charge in [0.2, 0.25) is 0 Å². The van der Waals surface area contributed by atoms with Gasteiger partial charge in [0.25, 0.3) is 0 Å². The Balaban J connectivity index is 2.09. The third-order valence-corrected chi connectivity index (χ3v) is 3.27. The Morgan fingerprint density at radius 3 is 2.54 bits per heavy atom. The molecule has 2 rings (SSSR count). The third kappa shape index (κ3) is 1.49. The SMILES string of the molecule is COCC1(C2(C)CO2)CCCCO1. The highest BCUT2D eigenvalue weighted by Gasteiger charge is 2.59. The molecule has 0 amide bonds. The van der Waals surface area contributed by atoms with E-state index >= 15 is 0 Å². The zero-order valence-electron chi connectivity index (χ0n) is 8.47. The van der Waals surface area contributed by atoms with Crippen LogP contribution in [0.5, 0.6) is 0 Å². The van der Waals surface area contributed by atoms with E-state index in [1.54, 1.807) is 7.11 Å². The van der Waals surface area contributed by atoms with Crippen molar-refractivity contribution in [2.24, 2.45) is 0 Å². The second-order valence-corrected chi connectivity index (χ2v) is 4.25. The summed E-state index contributed by atoms with van der Waals surface area (Å²) in [6.45, 7) is 4.44. The van der Waals surface area contributed by atoms with Gasteiger partial charge in [-0.1, -0.05) is 0 Å². The molecule has 0 aromatic heterocycles. The van der Waals surface area contributed by atoms with E-state index in [4.69, 9.17) is 14.2 Å². The number of rotatable bonds is 3. The van der Waals surface area contributed by atoms with E-state index < -0.39 is 0 Å². The maximum atomic E-state index is 5.88. The van der Waals surface area contributed by atoms with Crippen molar-refractivity contribution >= 4 is 0 Å². The standard InChI is InChI=1S/C10H18O3/c1-9(7-13-9)10(8-11-2)5-3-4-6-12-10/h3-8H2,1-2H3. The molecule has 2 aliphatic heterocycles. The summed E-state index contributed by atoms with van der Waals surface area (Å²) in [4.78, 5) is 0. The minimum atomic E-state index is -0.167. The molecule has 0 bridgehead atoms. The summed E-state index contributed by atoms with van der Waals surface area (Å²) < 4.78 is 16.6. The largest absolute Gasteiger partial charge is 0.382 e. The van der Waals surface area contributed by atoms with Gasteiger partial charge in [-0.25, -0.2) is 0 Å². The summed E-state index contributed by atoms with van der Waals surface area (Å²) >= 11 is 0. The molecule has 3 heteroatoms. The molecule has 2 fully saturated rings. The van der Waals surface area contributed by atoms with Crippen LogP contribution in [0, 0.1) is 0 Å². The van der Waals surface area contributed by atoms with E-state index in [0.29, 0.717) is 6.61 Å². The number of ether oxygens (including phenoxy) is 3. The first-order chi connectivity index (χ1) is 6.22. The van der Waals surface area contributed by atoms with E-state index in [1.165, 1.54) is 12.8 Å². The molecule has 0 aromatic carbocycles. The minimum Gasteiger partial charge on any atom is -0.382 e. The lowest BCUT2D eigenvalue weighted by molar-refractivity contribution is -0.152. The van der Waals surface area contributed by atoms with Crippen LogP contribution in [0.4, 0.5) is 0 Å². The van der Waals surface area contributed by atoms with Crippen LogP contribution in [0.3, 0.4) is 0 Å². The van der Waals surface area contributed by atoms with Gasteiger partial charge < -0.3 is 14.2 Å². The highest BCUT2D eigenvalue weighted by atomic mass is 16.6. The van der Waals surface area contributed by atoms with Gasteiger partial charge in [0.15, 0.2) is 0 Å². The van der Waals surface area contributed by atoms with Crippen molar-refractivity contribution < 1.29 is 14.2 Å². The van der Waals surface area contributed by atoms with Gasteiger partial charge in [-0.2, -0.15) is 0 Å². The fourth-order valence-electron chi connectivity index (χ4n) is 2.14. The predicted molar refractivity (Wildman–Crippen MR) is 48.8 cm³/mol. The maximum Gasteiger partial charge on any atom is 0.122 e. The molecule has 0 spiro atoms. The second-order valence-electron chi connectivity index (χ2n) is 4.25. The number of epoxide rings is 1. The number of hydrogen-bond donors (Lipinski definition) is 0. The van der Waals surface area contributed by atoms with Gasteiger partial charge in [-0.05, 0) is 26.2 Å². The van der Waals surface area contributed by atoms with Crippen molar-refractivity contribution in [3.63, 3.8) is 0 Å². The molecule has 76 valence electrons. The van der Waals surface area contributed by atoms with Gasteiger partial charge in [0.1, 0.15) is 11.2 Å². The molecule has 0 saturated carbocycles. The fourth-order valence-corrected chi connectivity index (χ4v) is 2.14. The fraction of sp³-hybridized carbons (Fsp3) is 1.00. The molecule has 0 aromatic rings. The average Bonchev–Trinajstić information content (AvgIpc) is 2.88. The first kappa shape index (κ1) is 9.44. The normalized spacial score (nSPS) is 44.8. The zero-order chi connectivity index (χ0) is 9.36. The van der Waals surface area contributed by atoms with Crippen LogP contribution >= 0.6 is 0 Å². The highest BCUT2D eigenvalue weighted by molar-refractivity contribution is 5.08. The Morgan fingerprint density at radius 2 is 2.08 bits per heavy atom. The quantitative estimate of drug-likeness (QED) is 0.624. The molecule has 2 aliphatic rings. The molecular formula is C10H18O3. The topological polar surface area (TPSA) is 31.0 Å². The summed E-state index contributed by atoms with van der Waals surface area (Å²) in [5.74, 6) is 0.